The molecule has 3 nitrogen and oxygen atoms in total. The Morgan fingerprint density at radius 1 is 1.44 bits per heavy atom. The number of rotatable bonds is 4. The molecule has 0 aliphatic heterocycles. The predicted molar refractivity (Wildman–Crippen MR) is 78.5 cm³/mol. The highest BCUT2D eigenvalue weighted by Gasteiger charge is 2.05. The number of ether oxygens (including phenoxy) is 1. The number of nitrogen functional groups attached to an aromatic ring is 1. The first-order valence-electron chi connectivity index (χ1n) is 5.37. The number of hydrogen-bond donors (Lipinski definition) is 2. The van der Waals surface area contributed by atoms with Crippen LogP contribution in [0.5, 0.6) is 5.75 Å². The van der Waals surface area contributed by atoms with E-state index in [1.165, 1.54) is 0 Å². The molecule has 0 saturated heterocycles. The van der Waals surface area contributed by atoms with Gasteiger partial charge in [0.1, 0.15) is 18.2 Å². The summed E-state index contributed by atoms with van der Waals surface area (Å²) in [6.07, 6.45) is 0. The maximum absolute atomic E-state index is 7.42. The second-order valence-electron chi connectivity index (χ2n) is 3.91. The van der Waals surface area contributed by atoms with Crippen molar-refractivity contribution in [2.24, 2.45) is 5.73 Å². The maximum atomic E-state index is 7.42. The van der Waals surface area contributed by atoms with Gasteiger partial charge in [-0.15, -0.1) is 11.3 Å². The molecule has 5 heteroatoms. The van der Waals surface area contributed by atoms with Gasteiger partial charge >= 0.3 is 0 Å². The van der Waals surface area contributed by atoms with Gasteiger partial charge in [0.15, 0.2) is 0 Å². The van der Waals surface area contributed by atoms with E-state index in [0.29, 0.717) is 12.2 Å². The molecule has 0 saturated carbocycles. The summed E-state index contributed by atoms with van der Waals surface area (Å²) in [5.41, 5.74) is 7.19. The molecule has 1 aromatic heterocycles. The van der Waals surface area contributed by atoms with Gasteiger partial charge < -0.3 is 10.5 Å². The summed E-state index contributed by atoms with van der Waals surface area (Å²) < 4.78 is 6.83. The van der Waals surface area contributed by atoms with E-state index < -0.39 is 0 Å². The normalized spacial score (nSPS) is 10.3. The zero-order chi connectivity index (χ0) is 13.1. The molecule has 0 atom stereocenters. The van der Waals surface area contributed by atoms with Crippen LogP contribution in [-0.2, 0) is 6.61 Å². The van der Waals surface area contributed by atoms with Crippen LogP contribution >= 0.6 is 27.3 Å². The van der Waals surface area contributed by atoms with Crippen molar-refractivity contribution in [1.29, 1.82) is 5.41 Å². The van der Waals surface area contributed by atoms with Gasteiger partial charge in [-0.1, -0.05) is 12.1 Å². The van der Waals surface area contributed by atoms with Crippen molar-refractivity contribution in [3.63, 3.8) is 0 Å². The third kappa shape index (κ3) is 3.11. The van der Waals surface area contributed by atoms with Gasteiger partial charge in [0.05, 0.1) is 0 Å². The Hall–Kier alpha value is -1.33. The minimum absolute atomic E-state index is 0.0544. The summed E-state index contributed by atoms with van der Waals surface area (Å²) in [4.78, 5) is 1.15. The molecule has 0 amide bonds. The van der Waals surface area contributed by atoms with E-state index in [0.717, 1.165) is 20.7 Å². The van der Waals surface area contributed by atoms with E-state index in [1.54, 1.807) is 17.4 Å². The maximum Gasteiger partial charge on any atom is 0.123 e. The fourth-order valence-electron chi connectivity index (χ4n) is 1.50. The molecule has 0 radical (unpaired) electrons. The van der Waals surface area contributed by atoms with E-state index in [-0.39, 0.29) is 5.84 Å². The number of benzene rings is 1. The minimum atomic E-state index is 0.0544. The van der Waals surface area contributed by atoms with Crippen LogP contribution in [-0.4, -0.2) is 5.84 Å². The Labute approximate surface area is 118 Å². The molecule has 1 heterocycles. The van der Waals surface area contributed by atoms with E-state index in [2.05, 4.69) is 15.9 Å². The molecular formula is C13H13BrN2OS. The molecule has 0 spiro atoms. The lowest BCUT2D eigenvalue weighted by atomic mass is 10.1. The largest absolute Gasteiger partial charge is 0.488 e. The van der Waals surface area contributed by atoms with E-state index in [9.17, 15) is 0 Å². The number of nitrogens with two attached hydrogens (primary N) is 1. The van der Waals surface area contributed by atoms with Crippen molar-refractivity contribution >= 4 is 33.1 Å². The quantitative estimate of drug-likeness (QED) is 0.665. The first kappa shape index (κ1) is 13.1. The molecule has 2 aromatic rings. The van der Waals surface area contributed by atoms with Crippen LogP contribution in [0, 0.1) is 12.3 Å². The molecule has 0 unspecified atom stereocenters. The van der Waals surface area contributed by atoms with Crippen LogP contribution in [0.25, 0.3) is 0 Å². The summed E-state index contributed by atoms with van der Waals surface area (Å²) in [5.74, 6) is 0.825. The van der Waals surface area contributed by atoms with Crippen molar-refractivity contribution in [1.82, 2.24) is 0 Å². The molecular weight excluding hydrogens is 312 g/mol. The predicted octanol–water partition coefficient (Wildman–Crippen LogP) is 3.68. The fraction of sp³-hybridized carbons (Fsp3) is 0.154. The summed E-state index contributed by atoms with van der Waals surface area (Å²) in [7, 11) is 0. The van der Waals surface area contributed by atoms with Crippen molar-refractivity contribution in [2.45, 2.75) is 13.5 Å². The Morgan fingerprint density at radius 2 is 2.22 bits per heavy atom. The molecule has 0 fully saturated rings. The van der Waals surface area contributed by atoms with Crippen molar-refractivity contribution in [3.8, 4) is 5.75 Å². The van der Waals surface area contributed by atoms with Crippen molar-refractivity contribution < 1.29 is 4.74 Å². The van der Waals surface area contributed by atoms with Crippen LogP contribution in [0.2, 0.25) is 0 Å². The van der Waals surface area contributed by atoms with Crippen LogP contribution < -0.4 is 10.5 Å². The van der Waals surface area contributed by atoms with Gasteiger partial charge in [0, 0.05) is 20.3 Å². The molecule has 1 aromatic carbocycles. The number of nitrogens with one attached hydrogen (secondary N) is 1. The SMILES string of the molecule is Cc1ccc(C(=N)N)cc1OCc1cc(Br)cs1. The lowest BCUT2D eigenvalue weighted by Crippen LogP contribution is -2.11. The van der Waals surface area contributed by atoms with E-state index in [1.807, 2.05) is 30.5 Å². The molecule has 0 bridgehead atoms. The first-order valence-corrected chi connectivity index (χ1v) is 7.04. The van der Waals surface area contributed by atoms with E-state index in [4.69, 9.17) is 15.9 Å². The van der Waals surface area contributed by atoms with Crippen molar-refractivity contribution in [3.05, 3.63) is 50.1 Å². The number of hydrogen-bond acceptors (Lipinski definition) is 3. The first-order chi connectivity index (χ1) is 8.56. The number of halogens is 1. The van der Waals surface area contributed by atoms with E-state index >= 15 is 0 Å². The lowest BCUT2D eigenvalue weighted by Gasteiger charge is -2.09. The third-order valence-corrected chi connectivity index (χ3v) is 4.16. The Kier molecular flexibility index (Phi) is 4.04. The van der Waals surface area contributed by atoms with Crippen LogP contribution in [0.4, 0.5) is 0 Å². The smallest absolute Gasteiger partial charge is 0.123 e. The van der Waals surface area contributed by atoms with Gasteiger partial charge in [0.25, 0.3) is 0 Å². The van der Waals surface area contributed by atoms with Gasteiger partial charge in [-0.25, -0.2) is 0 Å². The Balaban J connectivity index is 2.13. The monoisotopic (exact) mass is 324 g/mol. The lowest BCUT2D eigenvalue weighted by molar-refractivity contribution is 0.307. The second kappa shape index (κ2) is 5.54. The Bertz CT molecular complexity index is 580. The number of aryl methyl sites for hydroxylation is 1. The zero-order valence-corrected chi connectivity index (χ0v) is 12.3. The fourth-order valence-corrected chi connectivity index (χ4v) is 2.86. The van der Waals surface area contributed by atoms with Crippen LogP contribution in [0.3, 0.4) is 0 Å². The zero-order valence-electron chi connectivity index (χ0n) is 9.87. The molecule has 2 rings (SSSR count). The highest BCUT2D eigenvalue weighted by atomic mass is 79.9. The molecule has 3 N–H and O–H groups in total. The average Bonchev–Trinajstić information content (AvgIpc) is 2.74. The van der Waals surface area contributed by atoms with Crippen molar-refractivity contribution in [2.75, 3.05) is 0 Å². The summed E-state index contributed by atoms with van der Waals surface area (Å²) >= 11 is 5.06. The second-order valence-corrected chi connectivity index (χ2v) is 5.83. The average molecular weight is 325 g/mol. The standard InChI is InChI=1S/C13H13BrN2OS/c1-8-2-3-9(13(15)16)4-12(8)17-6-11-5-10(14)7-18-11/h2-5,7H,6H2,1H3,(H3,15,16). The number of thiophene rings is 1. The molecule has 94 valence electrons. The topological polar surface area (TPSA) is 59.1 Å². The summed E-state index contributed by atoms with van der Waals surface area (Å²) in [6, 6.07) is 7.58. The van der Waals surface area contributed by atoms with Crippen LogP contribution in [0.1, 0.15) is 16.0 Å². The third-order valence-electron chi connectivity index (χ3n) is 2.49. The highest BCUT2D eigenvalue weighted by molar-refractivity contribution is 9.10. The molecule has 0 aliphatic rings. The van der Waals surface area contributed by atoms with Gasteiger partial charge in [-0.3, -0.25) is 5.41 Å². The highest BCUT2D eigenvalue weighted by Crippen LogP contribution is 2.24. The molecule has 0 aliphatic carbocycles. The summed E-state index contributed by atoms with van der Waals surface area (Å²) in [5, 5.41) is 9.45. The van der Waals surface area contributed by atoms with Crippen LogP contribution in [0.15, 0.2) is 34.1 Å². The van der Waals surface area contributed by atoms with Gasteiger partial charge in [-0.2, -0.15) is 0 Å². The number of amidine groups is 1. The van der Waals surface area contributed by atoms with Gasteiger partial charge in [-0.05, 0) is 40.5 Å². The summed E-state index contributed by atoms with van der Waals surface area (Å²) in [6.45, 7) is 2.50. The van der Waals surface area contributed by atoms with Gasteiger partial charge in [0.2, 0.25) is 0 Å². The molecule has 18 heavy (non-hydrogen) atoms. The minimum Gasteiger partial charge on any atom is -0.488 e. The Morgan fingerprint density at radius 3 is 2.83 bits per heavy atom.